The Labute approximate surface area is 108 Å². The summed E-state index contributed by atoms with van der Waals surface area (Å²) in [5.74, 6) is -0.560. The largest absolute Gasteiger partial charge is 0.463 e. The normalized spacial score (nSPS) is 11.7. The molecule has 0 unspecified atom stereocenters. The Bertz CT molecular complexity index is 729. The average Bonchev–Trinajstić information content (AvgIpc) is 2.64. The first kappa shape index (κ1) is 12.9. The molecule has 0 aliphatic heterocycles. The standard InChI is InChI=1S/C11H9ClO5S/c1-6-8-5-7(18(12,14)15)3-4-9(8)17-10(6)11(13)16-2/h3-5H,1-2H3. The van der Waals surface area contributed by atoms with Crippen molar-refractivity contribution in [2.45, 2.75) is 11.8 Å². The van der Waals surface area contributed by atoms with E-state index in [1.807, 2.05) is 0 Å². The molecule has 1 aromatic heterocycles. The van der Waals surface area contributed by atoms with Gasteiger partial charge in [0.2, 0.25) is 5.76 Å². The van der Waals surface area contributed by atoms with Crippen LogP contribution in [0.2, 0.25) is 0 Å². The number of hydrogen-bond donors (Lipinski definition) is 0. The maximum absolute atomic E-state index is 11.4. The first-order chi connectivity index (χ1) is 8.34. The van der Waals surface area contributed by atoms with Gasteiger partial charge in [-0.05, 0) is 25.1 Å². The van der Waals surface area contributed by atoms with E-state index in [0.717, 1.165) is 0 Å². The van der Waals surface area contributed by atoms with Crippen molar-refractivity contribution in [3.8, 4) is 0 Å². The molecule has 2 aromatic rings. The Morgan fingerprint density at radius 1 is 1.39 bits per heavy atom. The number of esters is 1. The number of rotatable bonds is 2. The maximum atomic E-state index is 11.4. The first-order valence-electron chi connectivity index (χ1n) is 4.90. The van der Waals surface area contributed by atoms with Gasteiger partial charge in [-0.1, -0.05) is 0 Å². The molecule has 0 aliphatic carbocycles. The van der Waals surface area contributed by atoms with Gasteiger partial charge in [-0.3, -0.25) is 0 Å². The van der Waals surface area contributed by atoms with Crippen LogP contribution >= 0.6 is 10.7 Å². The van der Waals surface area contributed by atoms with Crippen molar-refractivity contribution in [1.29, 1.82) is 0 Å². The van der Waals surface area contributed by atoms with Gasteiger partial charge < -0.3 is 9.15 Å². The number of fused-ring (bicyclic) bond motifs is 1. The molecule has 0 atom stereocenters. The number of methoxy groups -OCH3 is 1. The highest BCUT2D eigenvalue weighted by molar-refractivity contribution is 8.13. The average molecular weight is 289 g/mol. The quantitative estimate of drug-likeness (QED) is 0.627. The second-order valence-electron chi connectivity index (χ2n) is 3.64. The van der Waals surface area contributed by atoms with E-state index in [4.69, 9.17) is 15.1 Å². The molecule has 96 valence electrons. The zero-order valence-corrected chi connectivity index (χ0v) is 11.1. The molecule has 0 aliphatic rings. The molecule has 1 aromatic carbocycles. The van der Waals surface area contributed by atoms with Gasteiger partial charge in [0.15, 0.2) is 0 Å². The second-order valence-corrected chi connectivity index (χ2v) is 6.21. The molecule has 5 nitrogen and oxygen atoms in total. The molecule has 0 amide bonds. The van der Waals surface area contributed by atoms with Gasteiger partial charge in [0.1, 0.15) is 5.58 Å². The summed E-state index contributed by atoms with van der Waals surface area (Å²) in [5.41, 5.74) is 0.913. The topological polar surface area (TPSA) is 73.6 Å². The number of hydrogen-bond acceptors (Lipinski definition) is 5. The summed E-state index contributed by atoms with van der Waals surface area (Å²) in [6, 6.07) is 4.13. The fourth-order valence-corrected chi connectivity index (χ4v) is 2.42. The van der Waals surface area contributed by atoms with Crippen molar-refractivity contribution in [2.24, 2.45) is 0 Å². The van der Waals surface area contributed by atoms with Crippen LogP contribution < -0.4 is 0 Å². The van der Waals surface area contributed by atoms with Crippen molar-refractivity contribution in [3.63, 3.8) is 0 Å². The minimum atomic E-state index is -3.81. The van der Waals surface area contributed by atoms with Gasteiger partial charge in [0, 0.05) is 21.6 Å². The van der Waals surface area contributed by atoms with Gasteiger partial charge in [-0.15, -0.1) is 0 Å². The zero-order valence-electron chi connectivity index (χ0n) is 9.56. The third-order valence-electron chi connectivity index (χ3n) is 2.56. The van der Waals surface area contributed by atoms with E-state index in [1.165, 1.54) is 25.3 Å². The first-order valence-corrected chi connectivity index (χ1v) is 7.21. The fourth-order valence-electron chi connectivity index (χ4n) is 1.64. The SMILES string of the molecule is COC(=O)c1oc2ccc(S(=O)(=O)Cl)cc2c1C. The Hall–Kier alpha value is -1.53. The summed E-state index contributed by atoms with van der Waals surface area (Å²) in [7, 11) is 2.68. The van der Waals surface area contributed by atoms with Crippen molar-refractivity contribution in [2.75, 3.05) is 7.11 Å². The van der Waals surface area contributed by atoms with Crippen molar-refractivity contribution >= 4 is 36.7 Å². The number of furan rings is 1. The Morgan fingerprint density at radius 2 is 2.06 bits per heavy atom. The highest BCUT2D eigenvalue weighted by atomic mass is 35.7. The van der Waals surface area contributed by atoms with Crippen LogP contribution in [0.25, 0.3) is 11.0 Å². The van der Waals surface area contributed by atoms with E-state index >= 15 is 0 Å². The maximum Gasteiger partial charge on any atom is 0.374 e. The molecule has 0 saturated heterocycles. The Kier molecular flexibility index (Phi) is 3.08. The zero-order chi connectivity index (χ0) is 13.5. The van der Waals surface area contributed by atoms with Crippen LogP contribution in [0.15, 0.2) is 27.5 Å². The molecule has 2 rings (SSSR count). The second kappa shape index (κ2) is 4.29. The van der Waals surface area contributed by atoms with Gasteiger partial charge in [0.25, 0.3) is 9.05 Å². The summed E-state index contributed by atoms with van der Waals surface area (Å²) in [4.78, 5) is 11.4. The number of benzene rings is 1. The molecular formula is C11H9ClO5S. The minimum absolute atomic E-state index is 0.0445. The van der Waals surface area contributed by atoms with E-state index < -0.39 is 15.0 Å². The van der Waals surface area contributed by atoms with Gasteiger partial charge in [-0.2, -0.15) is 0 Å². The van der Waals surface area contributed by atoms with Crippen molar-refractivity contribution in [1.82, 2.24) is 0 Å². The van der Waals surface area contributed by atoms with Crippen LogP contribution in [0.3, 0.4) is 0 Å². The summed E-state index contributed by atoms with van der Waals surface area (Å²) < 4.78 is 32.3. The Balaban J connectivity index is 2.72. The lowest BCUT2D eigenvalue weighted by atomic mass is 10.1. The summed E-state index contributed by atoms with van der Waals surface area (Å²) in [6.45, 7) is 1.64. The molecule has 0 bridgehead atoms. The van der Waals surface area contributed by atoms with E-state index in [1.54, 1.807) is 6.92 Å². The van der Waals surface area contributed by atoms with Crippen LogP contribution in [-0.4, -0.2) is 21.5 Å². The number of carbonyl (C=O) groups is 1. The van der Waals surface area contributed by atoms with Crippen molar-refractivity contribution in [3.05, 3.63) is 29.5 Å². The smallest absolute Gasteiger partial charge is 0.374 e. The van der Waals surface area contributed by atoms with Crippen LogP contribution in [-0.2, 0) is 13.8 Å². The monoisotopic (exact) mass is 288 g/mol. The Morgan fingerprint density at radius 3 is 2.61 bits per heavy atom. The number of halogens is 1. The number of carbonyl (C=O) groups excluding carboxylic acids is 1. The van der Waals surface area contributed by atoms with E-state index in [2.05, 4.69) is 4.74 Å². The molecular weight excluding hydrogens is 280 g/mol. The predicted octanol–water partition coefficient (Wildman–Crippen LogP) is 2.46. The molecule has 18 heavy (non-hydrogen) atoms. The van der Waals surface area contributed by atoms with Crippen molar-refractivity contribution < 1.29 is 22.4 Å². The summed E-state index contributed by atoms with van der Waals surface area (Å²) in [6.07, 6.45) is 0. The van der Waals surface area contributed by atoms with Crippen LogP contribution in [0, 0.1) is 6.92 Å². The summed E-state index contributed by atoms with van der Waals surface area (Å²) >= 11 is 0. The number of ether oxygens (including phenoxy) is 1. The minimum Gasteiger partial charge on any atom is -0.463 e. The van der Waals surface area contributed by atoms with Gasteiger partial charge in [-0.25, -0.2) is 13.2 Å². The molecule has 1 heterocycles. The van der Waals surface area contributed by atoms with Crippen LogP contribution in [0.4, 0.5) is 0 Å². The fraction of sp³-hybridized carbons (Fsp3) is 0.182. The molecule has 0 fully saturated rings. The lowest BCUT2D eigenvalue weighted by molar-refractivity contribution is 0.0566. The van der Waals surface area contributed by atoms with Crippen LogP contribution in [0.5, 0.6) is 0 Å². The molecule has 0 saturated carbocycles. The molecule has 0 radical (unpaired) electrons. The van der Waals surface area contributed by atoms with Gasteiger partial charge in [0.05, 0.1) is 12.0 Å². The van der Waals surface area contributed by atoms with Crippen LogP contribution in [0.1, 0.15) is 16.1 Å². The molecule has 0 spiro atoms. The lowest BCUT2D eigenvalue weighted by Crippen LogP contribution is -2.00. The highest BCUT2D eigenvalue weighted by Gasteiger charge is 2.20. The third-order valence-corrected chi connectivity index (χ3v) is 3.91. The predicted molar refractivity (Wildman–Crippen MR) is 65.3 cm³/mol. The molecule has 7 heteroatoms. The third kappa shape index (κ3) is 2.09. The molecule has 0 N–H and O–H groups in total. The number of aryl methyl sites for hydroxylation is 1. The van der Waals surface area contributed by atoms with Gasteiger partial charge >= 0.3 is 5.97 Å². The summed E-state index contributed by atoms with van der Waals surface area (Å²) in [5, 5.41) is 0.511. The highest BCUT2D eigenvalue weighted by Crippen LogP contribution is 2.29. The van der Waals surface area contributed by atoms with E-state index in [-0.39, 0.29) is 10.7 Å². The van der Waals surface area contributed by atoms with E-state index in [9.17, 15) is 13.2 Å². The lowest BCUT2D eigenvalue weighted by Gasteiger charge is -1.96. The van der Waals surface area contributed by atoms with E-state index in [0.29, 0.717) is 16.5 Å².